The average molecular weight is 257 g/mol. The van der Waals surface area contributed by atoms with E-state index in [-0.39, 0.29) is 5.91 Å². The van der Waals surface area contributed by atoms with Gasteiger partial charge >= 0.3 is 0 Å². The third-order valence-electron chi connectivity index (χ3n) is 2.39. The summed E-state index contributed by atoms with van der Waals surface area (Å²) in [5.41, 5.74) is 1.80. The number of carbonyl (C=O) groups excluding carboxylic acids is 1. The Kier molecular flexibility index (Phi) is 4.39. The number of hydrogen-bond acceptors (Lipinski definition) is 5. The van der Waals surface area contributed by atoms with Crippen LogP contribution in [0.4, 0.5) is 11.4 Å². The largest absolute Gasteiger partial charge is 0.384 e. The van der Waals surface area contributed by atoms with E-state index in [1.165, 1.54) is 18.7 Å². The number of anilines is 2. The molecule has 0 aromatic carbocycles. The van der Waals surface area contributed by atoms with E-state index in [0.717, 1.165) is 18.7 Å². The lowest BCUT2D eigenvalue weighted by Crippen LogP contribution is -2.14. The molecule has 2 heterocycles. The molecule has 0 aliphatic heterocycles. The molecule has 0 saturated heterocycles. The number of carbonyl (C=O) groups is 1. The van der Waals surface area contributed by atoms with E-state index < -0.39 is 0 Å². The summed E-state index contributed by atoms with van der Waals surface area (Å²) in [5.74, 6) is -0.281. The van der Waals surface area contributed by atoms with Gasteiger partial charge in [-0.2, -0.15) is 0 Å². The van der Waals surface area contributed by atoms with Gasteiger partial charge in [0.05, 0.1) is 30.0 Å². The maximum atomic E-state index is 11.9. The molecule has 98 valence electrons. The minimum atomic E-state index is -0.281. The van der Waals surface area contributed by atoms with Gasteiger partial charge in [0.2, 0.25) is 0 Å². The first-order chi connectivity index (χ1) is 9.29. The van der Waals surface area contributed by atoms with Crippen molar-refractivity contribution in [2.45, 2.75) is 13.3 Å². The molecule has 0 spiro atoms. The van der Waals surface area contributed by atoms with Gasteiger partial charge in [-0.1, -0.05) is 6.92 Å². The quantitative estimate of drug-likeness (QED) is 0.855. The standard InChI is InChI=1S/C13H15N5O/c1-2-5-16-10-3-4-12(17-8-10)13(19)18-11-6-14-9-15-7-11/h3-4,6-9,16H,2,5H2,1H3,(H,18,19). The molecule has 6 heteroatoms. The van der Waals surface area contributed by atoms with Crippen molar-refractivity contribution in [2.24, 2.45) is 0 Å². The van der Waals surface area contributed by atoms with E-state index in [9.17, 15) is 4.79 Å². The lowest BCUT2D eigenvalue weighted by Gasteiger charge is -2.06. The fraction of sp³-hybridized carbons (Fsp3) is 0.231. The van der Waals surface area contributed by atoms with Crippen LogP contribution in [0.15, 0.2) is 37.1 Å². The van der Waals surface area contributed by atoms with Gasteiger partial charge in [0, 0.05) is 6.54 Å². The van der Waals surface area contributed by atoms with Crippen LogP contribution in [0.3, 0.4) is 0 Å². The normalized spacial score (nSPS) is 9.95. The Bertz CT molecular complexity index is 526. The lowest BCUT2D eigenvalue weighted by molar-refractivity contribution is 0.102. The summed E-state index contributed by atoms with van der Waals surface area (Å²) < 4.78 is 0. The van der Waals surface area contributed by atoms with Gasteiger partial charge in [-0.15, -0.1) is 0 Å². The average Bonchev–Trinajstić information content (AvgIpc) is 2.46. The Balaban J connectivity index is 1.99. The third kappa shape index (κ3) is 3.74. The van der Waals surface area contributed by atoms with Crippen LogP contribution in [0.1, 0.15) is 23.8 Å². The van der Waals surface area contributed by atoms with Gasteiger partial charge in [-0.25, -0.2) is 15.0 Å². The summed E-state index contributed by atoms with van der Waals surface area (Å²) in [5, 5.41) is 5.87. The number of nitrogens with one attached hydrogen (secondary N) is 2. The fourth-order valence-corrected chi connectivity index (χ4v) is 1.46. The predicted octanol–water partition coefficient (Wildman–Crippen LogP) is 1.95. The van der Waals surface area contributed by atoms with Gasteiger partial charge in [0.25, 0.3) is 5.91 Å². The number of pyridine rings is 1. The van der Waals surface area contributed by atoms with Gasteiger partial charge in [-0.3, -0.25) is 4.79 Å². The van der Waals surface area contributed by atoms with E-state index in [4.69, 9.17) is 0 Å². The first kappa shape index (κ1) is 12.9. The van der Waals surface area contributed by atoms with Crippen LogP contribution in [0.2, 0.25) is 0 Å². The minimum absolute atomic E-state index is 0.281. The first-order valence-electron chi connectivity index (χ1n) is 6.06. The van der Waals surface area contributed by atoms with Crippen LogP contribution in [0.25, 0.3) is 0 Å². The molecule has 0 aliphatic rings. The molecule has 0 atom stereocenters. The molecular weight excluding hydrogens is 242 g/mol. The van der Waals surface area contributed by atoms with Gasteiger partial charge in [-0.05, 0) is 18.6 Å². The van der Waals surface area contributed by atoms with Crippen LogP contribution < -0.4 is 10.6 Å². The summed E-state index contributed by atoms with van der Waals surface area (Å²) in [4.78, 5) is 23.6. The number of hydrogen-bond donors (Lipinski definition) is 2. The highest BCUT2D eigenvalue weighted by molar-refractivity contribution is 6.02. The SMILES string of the molecule is CCCNc1ccc(C(=O)Nc2cncnc2)nc1. The fourth-order valence-electron chi connectivity index (χ4n) is 1.46. The molecular formula is C13H15N5O. The summed E-state index contributed by atoms with van der Waals surface area (Å²) in [6.07, 6.45) is 7.15. The number of rotatable bonds is 5. The van der Waals surface area contributed by atoms with Crippen LogP contribution in [-0.2, 0) is 0 Å². The summed E-state index contributed by atoms with van der Waals surface area (Å²) >= 11 is 0. The van der Waals surface area contributed by atoms with Crippen molar-refractivity contribution in [2.75, 3.05) is 17.2 Å². The van der Waals surface area contributed by atoms with Crippen molar-refractivity contribution < 1.29 is 4.79 Å². The number of amides is 1. The van der Waals surface area contributed by atoms with Crippen molar-refractivity contribution in [1.82, 2.24) is 15.0 Å². The monoisotopic (exact) mass is 257 g/mol. The van der Waals surface area contributed by atoms with Crippen LogP contribution in [-0.4, -0.2) is 27.4 Å². The molecule has 0 unspecified atom stereocenters. The van der Waals surface area contributed by atoms with E-state index in [1.807, 2.05) is 6.07 Å². The Hall–Kier alpha value is -2.50. The van der Waals surface area contributed by atoms with Crippen molar-refractivity contribution in [3.05, 3.63) is 42.7 Å². The number of aromatic nitrogens is 3. The second kappa shape index (κ2) is 6.44. The van der Waals surface area contributed by atoms with Crippen molar-refractivity contribution in [1.29, 1.82) is 0 Å². The molecule has 6 nitrogen and oxygen atoms in total. The zero-order valence-corrected chi connectivity index (χ0v) is 10.6. The van der Waals surface area contributed by atoms with E-state index in [0.29, 0.717) is 11.4 Å². The van der Waals surface area contributed by atoms with Gasteiger partial charge < -0.3 is 10.6 Å². The summed E-state index contributed by atoms with van der Waals surface area (Å²) in [6, 6.07) is 3.51. The van der Waals surface area contributed by atoms with E-state index in [2.05, 4.69) is 32.5 Å². The zero-order valence-electron chi connectivity index (χ0n) is 10.6. The Morgan fingerprint density at radius 1 is 1.16 bits per heavy atom. The highest BCUT2D eigenvalue weighted by Crippen LogP contribution is 2.08. The van der Waals surface area contributed by atoms with Crippen LogP contribution in [0.5, 0.6) is 0 Å². The molecule has 2 aromatic rings. The molecule has 19 heavy (non-hydrogen) atoms. The highest BCUT2D eigenvalue weighted by atomic mass is 16.1. The molecule has 2 aromatic heterocycles. The minimum Gasteiger partial charge on any atom is -0.384 e. The summed E-state index contributed by atoms with van der Waals surface area (Å²) in [7, 11) is 0. The Morgan fingerprint density at radius 2 is 1.95 bits per heavy atom. The van der Waals surface area contributed by atoms with Gasteiger partial charge in [0.15, 0.2) is 0 Å². The zero-order chi connectivity index (χ0) is 13.5. The van der Waals surface area contributed by atoms with E-state index >= 15 is 0 Å². The molecule has 0 aliphatic carbocycles. The maximum absolute atomic E-state index is 11.9. The third-order valence-corrected chi connectivity index (χ3v) is 2.39. The van der Waals surface area contributed by atoms with Crippen LogP contribution >= 0.6 is 0 Å². The Morgan fingerprint density at radius 3 is 2.58 bits per heavy atom. The molecule has 0 radical (unpaired) electrons. The second-order valence-corrected chi connectivity index (χ2v) is 3.94. The first-order valence-corrected chi connectivity index (χ1v) is 6.06. The number of nitrogens with zero attached hydrogens (tertiary/aromatic N) is 3. The smallest absolute Gasteiger partial charge is 0.274 e. The second-order valence-electron chi connectivity index (χ2n) is 3.94. The molecule has 0 saturated carbocycles. The summed E-state index contributed by atoms with van der Waals surface area (Å²) in [6.45, 7) is 2.97. The van der Waals surface area contributed by atoms with Crippen molar-refractivity contribution >= 4 is 17.3 Å². The van der Waals surface area contributed by atoms with Gasteiger partial charge in [0.1, 0.15) is 12.0 Å². The molecule has 2 rings (SSSR count). The lowest BCUT2D eigenvalue weighted by atomic mass is 10.3. The Labute approximate surface area is 111 Å². The topological polar surface area (TPSA) is 79.8 Å². The van der Waals surface area contributed by atoms with E-state index in [1.54, 1.807) is 12.3 Å². The highest BCUT2D eigenvalue weighted by Gasteiger charge is 2.07. The molecule has 2 N–H and O–H groups in total. The molecule has 0 bridgehead atoms. The molecule has 0 fully saturated rings. The predicted molar refractivity (Wildman–Crippen MR) is 73.0 cm³/mol. The van der Waals surface area contributed by atoms with Crippen molar-refractivity contribution in [3.8, 4) is 0 Å². The molecule has 1 amide bonds. The van der Waals surface area contributed by atoms with Crippen LogP contribution in [0, 0.1) is 0 Å². The van der Waals surface area contributed by atoms with Crippen molar-refractivity contribution in [3.63, 3.8) is 0 Å². The maximum Gasteiger partial charge on any atom is 0.274 e.